The van der Waals surface area contributed by atoms with Gasteiger partial charge in [0.2, 0.25) is 23.6 Å². The van der Waals surface area contributed by atoms with Gasteiger partial charge in [-0.25, -0.2) is 0 Å². The van der Waals surface area contributed by atoms with E-state index in [1.54, 1.807) is 24.3 Å². The lowest BCUT2D eigenvalue weighted by atomic mass is 10.2. The normalized spacial score (nSPS) is 16.7. The number of benzene rings is 1. The molecule has 1 aliphatic rings. The lowest BCUT2D eigenvalue weighted by Gasteiger charge is -2.21. The number of aliphatic hydroxyl groups excluding tert-OH is 1. The molecule has 0 saturated heterocycles. The first-order chi connectivity index (χ1) is 15.6. The Morgan fingerprint density at radius 3 is 2.27 bits per heavy atom. The number of anilines is 1. The Kier molecular flexibility index (Phi) is 9.10. The molecule has 33 heavy (non-hydrogen) atoms. The number of carbonyl (C=O) groups is 5. The fourth-order valence-electron chi connectivity index (χ4n) is 2.87. The molecule has 4 amide bonds. The second-order valence-electron chi connectivity index (χ2n) is 7.54. The van der Waals surface area contributed by atoms with Gasteiger partial charge in [0.1, 0.15) is 24.9 Å². The van der Waals surface area contributed by atoms with Gasteiger partial charge in [0.15, 0.2) is 0 Å². The first kappa shape index (κ1) is 25.5. The molecule has 0 aliphatic carbocycles. The van der Waals surface area contributed by atoms with Gasteiger partial charge < -0.3 is 30.7 Å². The predicted molar refractivity (Wildman–Crippen MR) is 117 cm³/mol. The second kappa shape index (κ2) is 11.8. The quantitative estimate of drug-likeness (QED) is 0.353. The van der Waals surface area contributed by atoms with Crippen LogP contribution < -0.4 is 16.0 Å². The standard InChI is InChI=1S/C22H28N4O7/c1-13(23-18(28)10-11-26-19(29)8-9-20(26)30)21(31)24-14(2)22(32)25-17-6-4-16(5-7-17)12-33-15(3)27/h4-9,13-14,19,29H,10-12H2,1-3H3,(H,23,28)(H,24,31)(H,25,32)/t13-,14-,19?/m0/s1. The molecule has 11 heteroatoms. The topological polar surface area (TPSA) is 154 Å². The zero-order chi connectivity index (χ0) is 24.5. The van der Waals surface area contributed by atoms with Crippen LogP contribution in [0.25, 0.3) is 0 Å². The molecule has 1 unspecified atom stereocenters. The van der Waals surface area contributed by atoms with Crippen molar-refractivity contribution >= 4 is 35.3 Å². The largest absolute Gasteiger partial charge is 0.461 e. The van der Waals surface area contributed by atoms with Crippen molar-refractivity contribution < 1.29 is 33.8 Å². The van der Waals surface area contributed by atoms with E-state index in [0.717, 1.165) is 10.5 Å². The number of hydrogen-bond acceptors (Lipinski definition) is 7. The van der Waals surface area contributed by atoms with Gasteiger partial charge in [-0.05, 0) is 37.6 Å². The molecule has 0 fully saturated rings. The van der Waals surface area contributed by atoms with E-state index in [1.807, 2.05) is 0 Å². The minimum Gasteiger partial charge on any atom is -0.461 e. The average molecular weight is 460 g/mol. The van der Waals surface area contributed by atoms with E-state index in [-0.39, 0.29) is 31.4 Å². The molecule has 4 N–H and O–H groups in total. The summed E-state index contributed by atoms with van der Waals surface area (Å²) >= 11 is 0. The van der Waals surface area contributed by atoms with Crippen LogP contribution in [0.5, 0.6) is 0 Å². The van der Waals surface area contributed by atoms with E-state index in [0.29, 0.717) is 5.69 Å². The Morgan fingerprint density at radius 1 is 1.06 bits per heavy atom. The fraction of sp³-hybridized carbons (Fsp3) is 0.409. The molecule has 0 spiro atoms. The number of aliphatic hydroxyl groups is 1. The number of nitrogens with one attached hydrogen (secondary N) is 3. The highest BCUT2D eigenvalue weighted by Gasteiger charge is 2.25. The summed E-state index contributed by atoms with van der Waals surface area (Å²) in [4.78, 5) is 60.3. The summed E-state index contributed by atoms with van der Waals surface area (Å²) < 4.78 is 4.90. The predicted octanol–water partition coefficient (Wildman–Crippen LogP) is -0.195. The molecule has 1 heterocycles. The van der Waals surface area contributed by atoms with Crippen LogP contribution >= 0.6 is 0 Å². The van der Waals surface area contributed by atoms with Crippen molar-refractivity contribution in [3.05, 3.63) is 42.0 Å². The number of rotatable bonds is 10. The van der Waals surface area contributed by atoms with Crippen molar-refractivity contribution in [2.75, 3.05) is 11.9 Å². The lowest BCUT2D eigenvalue weighted by Crippen LogP contribution is -2.50. The molecular formula is C22H28N4O7. The van der Waals surface area contributed by atoms with Crippen molar-refractivity contribution in [3.8, 4) is 0 Å². The minimum absolute atomic E-state index is 0.00560. The Hall–Kier alpha value is -3.73. The van der Waals surface area contributed by atoms with E-state index in [2.05, 4.69) is 16.0 Å². The summed E-state index contributed by atoms with van der Waals surface area (Å²) in [5.41, 5.74) is 1.26. The SMILES string of the molecule is CC(=O)OCc1ccc(NC(=O)[C@H](C)NC(=O)[C@H](C)NC(=O)CCN2C(=O)C=CC2O)cc1. The highest BCUT2D eigenvalue weighted by molar-refractivity contribution is 5.98. The molecule has 0 saturated carbocycles. The summed E-state index contributed by atoms with van der Waals surface area (Å²) in [5.74, 6) is -2.26. The first-order valence-corrected chi connectivity index (χ1v) is 10.4. The Balaban J connectivity index is 1.75. The van der Waals surface area contributed by atoms with Crippen molar-refractivity contribution in [1.82, 2.24) is 15.5 Å². The summed E-state index contributed by atoms with van der Waals surface area (Å²) in [6.07, 6.45) is 1.39. The summed E-state index contributed by atoms with van der Waals surface area (Å²) in [5, 5.41) is 17.3. The smallest absolute Gasteiger partial charge is 0.302 e. The third-order valence-electron chi connectivity index (χ3n) is 4.78. The van der Waals surface area contributed by atoms with Gasteiger partial charge in [0.05, 0.1) is 0 Å². The van der Waals surface area contributed by atoms with Crippen LogP contribution in [-0.4, -0.2) is 64.5 Å². The van der Waals surface area contributed by atoms with Crippen LogP contribution in [0.1, 0.15) is 32.8 Å². The number of esters is 1. The molecule has 0 aromatic heterocycles. The van der Waals surface area contributed by atoms with Gasteiger partial charge in [-0.3, -0.25) is 24.0 Å². The van der Waals surface area contributed by atoms with Crippen LogP contribution in [0.3, 0.4) is 0 Å². The highest BCUT2D eigenvalue weighted by Crippen LogP contribution is 2.11. The third kappa shape index (κ3) is 8.04. The Bertz CT molecular complexity index is 929. The third-order valence-corrected chi connectivity index (χ3v) is 4.78. The molecular weight excluding hydrogens is 432 g/mol. The zero-order valence-electron chi connectivity index (χ0n) is 18.7. The van der Waals surface area contributed by atoms with Crippen molar-refractivity contribution in [1.29, 1.82) is 0 Å². The maximum absolute atomic E-state index is 12.4. The van der Waals surface area contributed by atoms with Crippen LogP contribution in [0.4, 0.5) is 5.69 Å². The molecule has 11 nitrogen and oxygen atoms in total. The number of carbonyl (C=O) groups excluding carboxylic acids is 5. The molecule has 3 atom stereocenters. The molecule has 2 rings (SSSR count). The monoisotopic (exact) mass is 460 g/mol. The molecule has 1 aromatic rings. The van der Waals surface area contributed by atoms with Crippen molar-refractivity contribution in [3.63, 3.8) is 0 Å². The van der Waals surface area contributed by atoms with Crippen LogP contribution in [0.15, 0.2) is 36.4 Å². The molecule has 0 bridgehead atoms. The maximum atomic E-state index is 12.4. The van der Waals surface area contributed by atoms with Crippen molar-refractivity contribution in [2.24, 2.45) is 0 Å². The van der Waals surface area contributed by atoms with Crippen LogP contribution in [-0.2, 0) is 35.3 Å². The number of amides is 4. The number of hydrogen-bond donors (Lipinski definition) is 4. The summed E-state index contributed by atoms with van der Waals surface area (Å²) in [6.45, 7) is 4.43. The van der Waals surface area contributed by atoms with Gasteiger partial charge >= 0.3 is 5.97 Å². The molecule has 0 radical (unpaired) electrons. The van der Waals surface area contributed by atoms with Crippen molar-refractivity contribution in [2.45, 2.75) is 52.1 Å². The summed E-state index contributed by atoms with van der Waals surface area (Å²) in [6, 6.07) is 4.90. The molecule has 1 aromatic carbocycles. The zero-order valence-corrected chi connectivity index (χ0v) is 18.7. The van der Waals surface area contributed by atoms with Gasteiger partial charge in [0, 0.05) is 31.7 Å². The highest BCUT2D eigenvalue weighted by atomic mass is 16.5. The van der Waals surface area contributed by atoms with E-state index < -0.39 is 36.0 Å². The fourth-order valence-corrected chi connectivity index (χ4v) is 2.87. The van der Waals surface area contributed by atoms with Gasteiger partial charge in [-0.15, -0.1) is 0 Å². The molecule has 1 aliphatic heterocycles. The Labute approximate surface area is 191 Å². The number of nitrogens with zero attached hydrogens (tertiary/aromatic N) is 1. The van der Waals surface area contributed by atoms with E-state index >= 15 is 0 Å². The Morgan fingerprint density at radius 2 is 1.70 bits per heavy atom. The van der Waals surface area contributed by atoms with E-state index in [1.165, 1.54) is 32.9 Å². The first-order valence-electron chi connectivity index (χ1n) is 10.4. The van der Waals surface area contributed by atoms with Crippen LogP contribution in [0.2, 0.25) is 0 Å². The number of ether oxygens (including phenoxy) is 1. The lowest BCUT2D eigenvalue weighted by molar-refractivity contribution is -0.142. The molecule has 178 valence electrons. The minimum atomic E-state index is -1.06. The summed E-state index contributed by atoms with van der Waals surface area (Å²) in [7, 11) is 0. The van der Waals surface area contributed by atoms with Gasteiger partial charge in [0.25, 0.3) is 0 Å². The maximum Gasteiger partial charge on any atom is 0.302 e. The van der Waals surface area contributed by atoms with Gasteiger partial charge in [-0.2, -0.15) is 0 Å². The van der Waals surface area contributed by atoms with E-state index in [4.69, 9.17) is 4.74 Å². The van der Waals surface area contributed by atoms with E-state index in [9.17, 15) is 29.1 Å². The average Bonchev–Trinajstić information content (AvgIpc) is 3.08. The van der Waals surface area contributed by atoms with Gasteiger partial charge in [-0.1, -0.05) is 12.1 Å². The second-order valence-corrected chi connectivity index (χ2v) is 7.54. The van der Waals surface area contributed by atoms with Crippen LogP contribution in [0, 0.1) is 0 Å².